The summed E-state index contributed by atoms with van der Waals surface area (Å²) in [6, 6.07) is 10.2. The highest BCUT2D eigenvalue weighted by molar-refractivity contribution is 5.87. The summed E-state index contributed by atoms with van der Waals surface area (Å²) in [4.78, 5) is 17.2. The maximum absolute atomic E-state index is 11.0. The lowest BCUT2D eigenvalue weighted by Crippen LogP contribution is -2.15. The molecule has 2 aromatic rings. The number of fused-ring (bicyclic) bond motifs is 1. The van der Waals surface area contributed by atoms with Crippen LogP contribution in [0.15, 0.2) is 42.7 Å². The molecule has 17 heavy (non-hydrogen) atoms. The van der Waals surface area contributed by atoms with Crippen LogP contribution in [-0.2, 0) is 6.42 Å². The Kier molecular flexibility index (Phi) is 2.37. The van der Waals surface area contributed by atoms with E-state index >= 15 is 0 Å². The van der Waals surface area contributed by atoms with E-state index in [4.69, 9.17) is 0 Å². The summed E-state index contributed by atoms with van der Waals surface area (Å²) in [5.41, 5.74) is 4.12. The van der Waals surface area contributed by atoms with E-state index < -0.39 is 0 Å². The van der Waals surface area contributed by atoms with Crippen molar-refractivity contribution in [1.82, 2.24) is 4.98 Å². The summed E-state index contributed by atoms with van der Waals surface area (Å²) in [5.74, 6) is 0. The minimum Gasteiger partial charge on any atom is -0.340 e. The van der Waals surface area contributed by atoms with Crippen molar-refractivity contribution in [2.75, 3.05) is 11.4 Å². The van der Waals surface area contributed by atoms with Crippen molar-refractivity contribution in [3.05, 3.63) is 53.9 Å². The van der Waals surface area contributed by atoms with Gasteiger partial charge in [-0.2, -0.15) is 0 Å². The summed E-state index contributed by atoms with van der Waals surface area (Å²) >= 11 is 0. The number of aromatic nitrogens is 1. The van der Waals surface area contributed by atoms with Crippen molar-refractivity contribution < 1.29 is 4.79 Å². The first-order valence-corrected chi connectivity index (χ1v) is 5.65. The van der Waals surface area contributed by atoms with E-state index in [-0.39, 0.29) is 0 Å². The minimum absolute atomic E-state index is 0.643. The molecule has 3 nitrogen and oxygen atoms in total. The van der Waals surface area contributed by atoms with Gasteiger partial charge in [-0.15, -0.1) is 0 Å². The van der Waals surface area contributed by atoms with Crippen molar-refractivity contribution in [3.63, 3.8) is 0 Å². The van der Waals surface area contributed by atoms with E-state index in [0.29, 0.717) is 5.56 Å². The highest BCUT2D eigenvalue weighted by Crippen LogP contribution is 2.35. The van der Waals surface area contributed by atoms with Crippen LogP contribution in [0.4, 0.5) is 11.4 Å². The summed E-state index contributed by atoms with van der Waals surface area (Å²) in [6.07, 6.45) is 5.23. The van der Waals surface area contributed by atoms with Crippen LogP contribution in [0.25, 0.3) is 0 Å². The molecule has 1 aliphatic heterocycles. The molecular formula is C14H12N2O. The number of carbonyl (C=O) groups is 1. The topological polar surface area (TPSA) is 33.2 Å². The normalized spacial score (nSPS) is 13.5. The van der Waals surface area contributed by atoms with Gasteiger partial charge in [0.05, 0.1) is 11.3 Å². The predicted octanol–water partition coefficient (Wildman–Crippen LogP) is 2.59. The van der Waals surface area contributed by atoms with E-state index in [0.717, 1.165) is 24.9 Å². The van der Waals surface area contributed by atoms with Gasteiger partial charge in [-0.05, 0) is 24.1 Å². The van der Waals surface area contributed by atoms with Crippen molar-refractivity contribution in [2.45, 2.75) is 6.42 Å². The van der Waals surface area contributed by atoms with E-state index in [2.05, 4.69) is 28.1 Å². The van der Waals surface area contributed by atoms with Gasteiger partial charge in [0, 0.05) is 24.6 Å². The Morgan fingerprint density at radius 1 is 1.18 bits per heavy atom. The van der Waals surface area contributed by atoms with E-state index in [1.807, 2.05) is 12.1 Å². The minimum atomic E-state index is 0.643. The number of anilines is 2. The third-order valence-corrected chi connectivity index (χ3v) is 3.13. The predicted molar refractivity (Wildman–Crippen MR) is 66.8 cm³/mol. The largest absolute Gasteiger partial charge is 0.340 e. The quantitative estimate of drug-likeness (QED) is 0.735. The Morgan fingerprint density at radius 3 is 2.94 bits per heavy atom. The number of hydrogen-bond donors (Lipinski definition) is 0. The zero-order valence-electron chi connectivity index (χ0n) is 9.34. The molecule has 0 spiro atoms. The molecule has 1 aliphatic rings. The van der Waals surface area contributed by atoms with Gasteiger partial charge in [-0.3, -0.25) is 9.78 Å². The maximum Gasteiger partial charge on any atom is 0.153 e. The molecule has 3 heteroatoms. The molecule has 84 valence electrons. The molecule has 0 atom stereocenters. The number of nitrogens with zero attached hydrogens (tertiary/aromatic N) is 2. The average Bonchev–Trinajstić information content (AvgIpc) is 2.82. The van der Waals surface area contributed by atoms with Crippen molar-refractivity contribution in [2.24, 2.45) is 0 Å². The van der Waals surface area contributed by atoms with Gasteiger partial charge in [-0.25, -0.2) is 0 Å². The molecule has 3 rings (SSSR count). The molecule has 0 saturated heterocycles. The van der Waals surface area contributed by atoms with Gasteiger partial charge in [0.15, 0.2) is 6.29 Å². The number of aldehydes is 1. The van der Waals surface area contributed by atoms with Crippen LogP contribution in [0, 0.1) is 0 Å². The lowest BCUT2D eigenvalue weighted by molar-refractivity contribution is 0.112. The number of carbonyl (C=O) groups excluding carboxylic acids is 1. The summed E-state index contributed by atoms with van der Waals surface area (Å²) in [5, 5.41) is 0. The van der Waals surface area contributed by atoms with Crippen molar-refractivity contribution in [1.29, 1.82) is 0 Å². The van der Waals surface area contributed by atoms with Crippen LogP contribution < -0.4 is 4.90 Å². The molecular weight excluding hydrogens is 212 g/mol. The van der Waals surface area contributed by atoms with Crippen LogP contribution in [0.1, 0.15) is 15.9 Å². The third-order valence-electron chi connectivity index (χ3n) is 3.13. The Bertz CT molecular complexity index is 566. The Balaban J connectivity index is 2.10. The van der Waals surface area contributed by atoms with Crippen molar-refractivity contribution >= 4 is 17.7 Å². The van der Waals surface area contributed by atoms with Crippen LogP contribution in [0.2, 0.25) is 0 Å². The highest BCUT2D eigenvalue weighted by Gasteiger charge is 2.21. The number of pyridine rings is 1. The molecule has 0 fully saturated rings. The Hall–Kier alpha value is -2.16. The average molecular weight is 224 g/mol. The number of rotatable bonds is 2. The molecule has 2 heterocycles. The summed E-state index contributed by atoms with van der Waals surface area (Å²) < 4.78 is 0. The molecule has 0 amide bonds. The van der Waals surface area contributed by atoms with Crippen LogP contribution in [0.5, 0.6) is 0 Å². The lowest BCUT2D eigenvalue weighted by Gasteiger charge is -2.20. The number of hydrogen-bond acceptors (Lipinski definition) is 3. The third kappa shape index (κ3) is 1.60. The number of benzene rings is 1. The molecule has 1 aromatic heterocycles. The molecule has 1 aromatic carbocycles. The zero-order valence-corrected chi connectivity index (χ0v) is 9.34. The fourth-order valence-corrected chi connectivity index (χ4v) is 2.32. The van der Waals surface area contributed by atoms with Gasteiger partial charge in [0.2, 0.25) is 0 Å². The molecule has 0 radical (unpaired) electrons. The zero-order chi connectivity index (χ0) is 11.7. The SMILES string of the molecule is O=Cc1cnccc1N1CCc2ccccc21. The fraction of sp³-hybridized carbons (Fsp3) is 0.143. The van der Waals surface area contributed by atoms with Crippen LogP contribution in [-0.4, -0.2) is 17.8 Å². The highest BCUT2D eigenvalue weighted by atomic mass is 16.1. The molecule has 0 unspecified atom stereocenters. The first kappa shape index (κ1) is 10.0. The number of para-hydroxylation sites is 1. The first-order chi connectivity index (χ1) is 8.40. The molecule has 0 aliphatic carbocycles. The van der Waals surface area contributed by atoms with E-state index in [1.165, 1.54) is 11.3 Å². The van der Waals surface area contributed by atoms with Gasteiger partial charge < -0.3 is 4.90 Å². The van der Waals surface area contributed by atoms with E-state index in [1.54, 1.807) is 12.4 Å². The smallest absolute Gasteiger partial charge is 0.153 e. The monoisotopic (exact) mass is 224 g/mol. The van der Waals surface area contributed by atoms with Crippen molar-refractivity contribution in [3.8, 4) is 0 Å². The Labute approximate surface area is 99.7 Å². The Morgan fingerprint density at radius 2 is 2.06 bits per heavy atom. The van der Waals surface area contributed by atoms with Gasteiger partial charge in [-0.1, -0.05) is 18.2 Å². The maximum atomic E-state index is 11.0. The first-order valence-electron chi connectivity index (χ1n) is 5.65. The molecule has 0 bridgehead atoms. The second kappa shape index (κ2) is 4.01. The van der Waals surface area contributed by atoms with Gasteiger partial charge in [0.1, 0.15) is 0 Å². The van der Waals surface area contributed by atoms with Gasteiger partial charge >= 0.3 is 0 Å². The standard InChI is InChI=1S/C14H12N2O/c17-10-12-9-15-7-5-14(12)16-8-6-11-3-1-2-4-13(11)16/h1-5,7,9-10H,6,8H2. The lowest BCUT2D eigenvalue weighted by atomic mass is 10.1. The fourth-order valence-electron chi connectivity index (χ4n) is 2.32. The second-order valence-corrected chi connectivity index (χ2v) is 4.08. The molecule has 0 N–H and O–H groups in total. The van der Waals surface area contributed by atoms with Crippen LogP contribution in [0.3, 0.4) is 0 Å². The molecule has 0 saturated carbocycles. The van der Waals surface area contributed by atoms with Crippen LogP contribution >= 0.6 is 0 Å². The van der Waals surface area contributed by atoms with Gasteiger partial charge in [0.25, 0.3) is 0 Å². The summed E-state index contributed by atoms with van der Waals surface area (Å²) in [7, 11) is 0. The van der Waals surface area contributed by atoms with E-state index in [9.17, 15) is 4.79 Å². The second-order valence-electron chi connectivity index (χ2n) is 4.08. The summed E-state index contributed by atoms with van der Waals surface area (Å²) in [6.45, 7) is 0.921.